The highest BCUT2D eigenvalue weighted by atomic mass is 14.2. The molecule has 196 valence electrons. The molecule has 0 aromatic heterocycles. The van der Waals surface area contributed by atoms with E-state index in [-0.39, 0.29) is 28.8 Å². The van der Waals surface area contributed by atoms with Crippen molar-refractivity contribution in [3.05, 3.63) is 170 Å². The maximum atomic E-state index is 9.29. The minimum absolute atomic E-state index is 0.0735. The average Bonchev–Trinajstić information content (AvgIpc) is 3.16. The van der Waals surface area contributed by atoms with E-state index in [0.29, 0.717) is 5.56 Å². The maximum Gasteiger partial charge on any atom is 0.0629 e. The average molecular weight is 542 g/mol. The van der Waals surface area contributed by atoms with Gasteiger partial charge in [0.2, 0.25) is 0 Å². The molecule has 0 unspecified atom stereocenters. The molecule has 0 aliphatic rings. The maximum absolute atomic E-state index is 9.29. The van der Waals surface area contributed by atoms with Crippen LogP contribution in [0.5, 0.6) is 0 Å². The zero-order valence-corrected chi connectivity index (χ0v) is 22.5. The number of hydrogen-bond acceptors (Lipinski definition) is 0. The molecule has 0 atom stereocenters. The van der Waals surface area contributed by atoms with Gasteiger partial charge < -0.3 is 0 Å². The summed E-state index contributed by atoms with van der Waals surface area (Å²) in [6.07, 6.45) is 0. The molecule has 42 heavy (non-hydrogen) atoms. The van der Waals surface area contributed by atoms with Crippen molar-refractivity contribution in [3.8, 4) is 44.5 Å². The first kappa shape index (κ1) is 16.7. The third-order valence-corrected chi connectivity index (χ3v) is 7.83. The van der Waals surface area contributed by atoms with E-state index in [1.54, 1.807) is 0 Å². The summed E-state index contributed by atoms with van der Waals surface area (Å²) < 4.78 is 78.1. The summed E-state index contributed by atoms with van der Waals surface area (Å²) in [6.45, 7) is 0. The molecule has 0 heteroatoms. The Hall–Kier alpha value is -5.46. The lowest BCUT2D eigenvalue weighted by Gasteiger charge is -2.20. The Kier molecular flexibility index (Phi) is 4.05. The van der Waals surface area contributed by atoms with Crippen LogP contribution >= 0.6 is 0 Å². The number of benzene rings is 8. The second-order valence-corrected chi connectivity index (χ2v) is 10.2. The van der Waals surface area contributed by atoms with E-state index < -0.39 is 42.3 Å². The van der Waals surface area contributed by atoms with Crippen LogP contribution in [0.15, 0.2) is 170 Å². The fourth-order valence-corrected chi connectivity index (χ4v) is 6.01. The predicted octanol–water partition coefficient (Wildman–Crippen LogP) is 11.8. The molecule has 0 fully saturated rings. The first-order valence-corrected chi connectivity index (χ1v) is 13.8. The minimum Gasteiger partial charge on any atom is -0.0622 e. The smallest absolute Gasteiger partial charge is 0.0622 e. The molecule has 0 saturated heterocycles. The van der Waals surface area contributed by atoms with Crippen molar-refractivity contribution in [2.75, 3.05) is 0 Å². The molecule has 0 aliphatic carbocycles. The lowest BCUT2D eigenvalue weighted by molar-refractivity contribution is 1.61. The summed E-state index contributed by atoms with van der Waals surface area (Å²) in [4.78, 5) is 0. The molecule has 8 aromatic carbocycles. The van der Waals surface area contributed by atoms with Crippen LogP contribution in [0.1, 0.15) is 12.3 Å². The normalized spacial score (nSPS) is 14.3. The fourth-order valence-electron chi connectivity index (χ4n) is 6.01. The van der Waals surface area contributed by atoms with Crippen molar-refractivity contribution in [1.82, 2.24) is 0 Å². The van der Waals surface area contributed by atoms with Crippen LogP contribution in [0.25, 0.3) is 76.8 Å². The highest BCUT2D eigenvalue weighted by Gasteiger charge is 2.18. The van der Waals surface area contributed by atoms with Crippen LogP contribution in [0.4, 0.5) is 0 Å². The first-order chi connectivity index (χ1) is 24.6. The van der Waals surface area contributed by atoms with Gasteiger partial charge >= 0.3 is 0 Å². The molecule has 0 amide bonds. The van der Waals surface area contributed by atoms with Gasteiger partial charge in [-0.3, -0.25) is 0 Å². The van der Waals surface area contributed by atoms with Gasteiger partial charge in [0.05, 0.1) is 12.3 Å². The van der Waals surface area contributed by atoms with Gasteiger partial charge in [-0.2, -0.15) is 0 Å². The molecule has 0 radical (unpaired) electrons. The molecule has 0 N–H and O–H groups in total. The summed E-state index contributed by atoms with van der Waals surface area (Å²) in [5, 5.41) is 5.37. The molecular weight excluding hydrogens is 504 g/mol. The van der Waals surface area contributed by atoms with Crippen molar-refractivity contribution >= 4 is 32.3 Å². The van der Waals surface area contributed by atoms with Gasteiger partial charge in [-0.05, 0) is 76.8 Å². The minimum atomic E-state index is -0.608. The van der Waals surface area contributed by atoms with Gasteiger partial charge in [-0.25, -0.2) is 0 Å². The number of hydrogen-bond donors (Lipinski definition) is 0. The zero-order valence-electron chi connectivity index (χ0n) is 31.5. The fraction of sp³-hybridized carbons (Fsp3) is 0. The zero-order chi connectivity index (χ0) is 35.7. The molecule has 8 rings (SSSR count). The molecule has 8 aromatic rings. The molecule has 0 spiro atoms. The third kappa shape index (κ3) is 4.00. The van der Waals surface area contributed by atoms with Crippen LogP contribution in [0.3, 0.4) is 0 Å². The summed E-state index contributed by atoms with van der Waals surface area (Å²) >= 11 is 0. The molecule has 0 aliphatic heterocycles. The third-order valence-electron chi connectivity index (χ3n) is 7.83. The largest absolute Gasteiger partial charge is 0.0629 e. The van der Waals surface area contributed by atoms with E-state index in [1.807, 2.05) is 78.9 Å². The number of fused-ring (bicyclic) bond motifs is 3. The molecule has 0 bridgehead atoms. The van der Waals surface area contributed by atoms with E-state index in [1.165, 1.54) is 0 Å². The van der Waals surface area contributed by atoms with Crippen LogP contribution in [-0.2, 0) is 0 Å². The van der Waals surface area contributed by atoms with Crippen LogP contribution in [0.2, 0.25) is 0 Å². The SMILES string of the molecule is [2H]c1c([2H])c([2H])c(-c2c([2H])c([2H])c(-c3c4ccccc4c(-c4ccc(-c5ccccc5)c5ccccc45)c4ccccc34)c([2H])c2[2H])c([2H])c1[2H]. The Balaban J connectivity index is 1.46. The van der Waals surface area contributed by atoms with E-state index in [2.05, 4.69) is 36.4 Å². The van der Waals surface area contributed by atoms with E-state index in [0.717, 1.165) is 54.6 Å². The van der Waals surface area contributed by atoms with Crippen molar-refractivity contribution in [2.45, 2.75) is 0 Å². The summed E-state index contributed by atoms with van der Waals surface area (Å²) in [7, 11) is 0. The monoisotopic (exact) mass is 541 g/mol. The standard InChI is InChI=1S/C42H28/c1-3-13-29(14-4-1)30-23-25-32(26-24-30)41-36-19-9-11-21-38(36)42(39-22-12-10-20-37(39)41)40-28-27-33(31-15-5-2-6-16-31)34-17-7-8-18-35(34)40/h1-28H/i1D,3D,4D,13D,14D,23D,24D,25D,26D. The van der Waals surface area contributed by atoms with Gasteiger partial charge in [-0.15, -0.1) is 0 Å². The summed E-state index contributed by atoms with van der Waals surface area (Å²) in [5.74, 6) is 0. The van der Waals surface area contributed by atoms with E-state index >= 15 is 0 Å². The Morgan fingerprint density at radius 2 is 0.714 bits per heavy atom. The topological polar surface area (TPSA) is 0 Å². The highest BCUT2D eigenvalue weighted by molar-refractivity contribution is 6.24. The molecule has 0 saturated carbocycles. The van der Waals surface area contributed by atoms with Gasteiger partial charge in [0.25, 0.3) is 0 Å². The summed E-state index contributed by atoms with van der Waals surface area (Å²) in [5.41, 5.74) is 4.13. The van der Waals surface area contributed by atoms with Crippen molar-refractivity contribution in [3.63, 3.8) is 0 Å². The quantitative estimate of drug-likeness (QED) is 0.194. The Labute approximate surface area is 258 Å². The van der Waals surface area contributed by atoms with E-state index in [4.69, 9.17) is 9.60 Å². The lowest BCUT2D eigenvalue weighted by atomic mass is 9.83. The van der Waals surface area contributed by atoms with Gasteiger partial charge in [0, 0.05) is 0 Å². The van der Waals surface area contributed by atoms with E-state index in [9.17, 15) is 2.74 Å². The Morgan fingerprint density at radius 3 is 1.31 bits per heavy atom. The lowest BCUT2D eigenvalue weighted by Crippen LogP contribution is -1.92. The highest BCUT2D eigenvalue weighted by Crippen LogP contribution is 2.46. The molecule has 0 heterocycles. The number of rotatable bonds is 4. The van der Waals surface area contributed by atoms with Gasteiger partial charge in [0.15, 0.2) is 0 Å². The summed E-state index contributed by atoms with van der Waals surface area (Å²) in [6, 6.07) is 33.7. The van der Waals surface area contributed by atoms with Crippen LogP contribution in [-0.4, -0.2) is 0 Å². The van der Waals surface area contributed by atoms with Crippen molar-refractivity contribution in [2.24, 2.45) is 0 Å². The Bertz CT molecular complexity index is 2620. The second kappa shape index (κ2) is 10.2. The second-order valence-electron chi connectivity index (χ2n) is 10.2. The molecular formula is C42H28. The Morgan fingerprint density at radius 1 is 0.286 bits per heavy atom. The van der Waals surface area contributed by atoms with Gasteiger partial charge in [-0.1, -0.05) is 170 Å². The van der Waals surface area contributed by atoms with Crippen molar-refractivity contribution in [1.29, 1.82) is 0 Å². The first-order valence-electron chi connectivity index (χ1n) is 18.3. The van der Waals surface area contributed by atoms with Gasteiger partial charge in [0.1, 0.15) is 0 Å². The molecule has 0 nitrogen and oxygen atoms in total. The van der Waals surface area contributed by atoms with Crippen LogP contribution < -0.4 is 0 Å². The van der Waals surface area contributed by atoms with Crippen LogP contribution in [0, 0.1) is 0 Å². The predicted molar refractivity (Wildman–Crippen MR) is 181 cm³/mol. The van der Waals surface area contributed by atoms with Crippen molar-refractivity contribution < 1.29 is 12.3 Å².